The molecule has 2 heterocycles. The molecule has 2 aromatic heterocycles. The molecule has 8 heteroatoms. The number of nitrogens with zero attached hydrogens (tertiary/aromatic N) is 2. The molecule has 0 bridgehead atoms. The van der Waals surface area contributed by atoms with Crippen LogP contribution in [0.25, 0.3) is 11.5 Å². The van der Waals surface area contributed by atoms with Gasteiger partial charge in [-0.1, -0.05) is 11.3 Å². The first-order chi connectivity index (χ1) is 11.6. The minimum atomic E-state index is -0.796. The molecule has 0 unspecified atom stereocenters. The Morgan fingerprint density at radius 3 is 2.62 bits per heavy atom. The minimum absolute atomic E-state index is 0.178. The molecule has 0 saturated heterocycles. The van der Waals surface area contributed by atoms with Crippen molar-refractivity contribution in [3.05, 3.63) is 23.3 Å². The fourth-order valence-corrected chi connectivity index (χ4v) is 3.61. The van der Waals surface area contributed by atoms with Crippen molar-refractivity contribution in [2.24, 2.45) is 11.8 Å². The van der Waals surface area contributed by atoms with Crippen LogP contribution in [0.4, 0.5) is 5.13 Å². The summed E-state index contributed by atoms with van der Waals surface area (Å²) in [5, 5.41) is 21.3. The molecule has 3 rings (SSSR count). The lowest BCUT2D eigenvalue weighted by Gasteiger charge is -2.24. The van der Waals surface area contributed by atoms with Gasteiger partial charge in [0.25, 0.3) is 0 Å². The molecule has 1 saturated carbocycles. The lowest BCUT2D eigenvalue weighted by molar-refractivity contribution is -0.143. The summed E-state index contributed by atoms with van der Waals surface area (Å²) in [7, 11) is 0. The van der Waals surface area contributed by atoms with Crippen LogP contribution in [0.3, 0.4) is 0 Å². The molecule has 0 atom stereocenters. The summed E-state index contributed by atoms with van der Waals surface area (Å²) in [5.41, 5.74) is 0.414. The Morgan fingerprint density at radius 1 is 1.33 bits per heavy atom. The molecule has 2 N–H and O–H groups in total. The normalized spacial score (nSPS) is 20.3. The molecule has 0 spiro atoms. The molecule has 1 aliphatic carbocycles. The number of hydrogen-bond donors (Lipinski definition) is 2. The number of carbonyl (C=O) groups excluding carboxylic acids is 1. The van der Waals surface area contributed by atoms with Gasteiger partial charge in [-0.25, -0.2) is 4.98 Å². The SMILES string of the molecule is N#Cc1sc(NC(=O)C2CCC(C(=O)O)CC2)nc1-c1ccco1. The number of nitrogens with one attached hydrogen (secondary N) is 1. The number of amides is 1. The van der Waals surface area contributed by atoms with Crippen LogP contribution in [-0.4, -0.2) is 22.0 Å². The maximum absolute atomic E-state index is 12.3. The Bertz CT molecular complexity index is 783. The van der Waals surface area contributed by atoms with Crippen molar-refractivity contribution in [2.45, 2.75) is 25.7 Å². The van der Waals surface area contributed by atoms with E-state index in [1.807, 2.05) is 0 Å². The lowest BCUT2D eigenvalue weighted by atomic mass is 9.81. The van der Waals surface area contributed by atoms with Crippen LogP contribution in [0.1, 0.15) is 30.6 Å². The van der Waals surface area contributed by atoms with Gasteiger partial charge in [0.05, 0.1) is 12.2 Å². The third kappa shape index (κ3) is 3.31. The summed E-state index contributed by atoms with van der Waals surface area (Å²) in [6, 6.07) is 5.46. The number of carboxylic acid groups (broad SMARTS) is 1. The van der Waals surface area contributed by atoms with Gasteiger partial charge >= 0.3 is 5.97 Å². The topological polar surface area (TPSA) is 116 Å². The molecule has 0 aliphatic heterocycles. The largest absolute Gasteiger partial charge is 0.481 e. The molecule has 0 radical (unpaired) electrons. The zero-order valence-electron chi connectivity index (χ0n) is 12.7. The summed E-state index contributed by atoms with van der Waals surface area (Å²) in [6.07, 6.45) is 3.60. The first-order valence-electron chi connectivity index (χ1n) is 7.57. The highest BCUT2D eigenvalue weighted by Crippen LogP contribution is 2.33. The van der Waals surface area contributed by atoms with E-state index in [0.717, 1.165) is 11.3 Å². The molecule has 124 valence electrons. The maximum Gasteiger partial charge on any atom is 0.306 e. The van der Waals surface area contributed by atoms with Crippen molar-refractivity contribution in [3.8, 4) is 17.5 Å². The Hall–Kier alpha value is -2.66. The lowest BCUT2D eigenvalue weighted by Crippen LogP contribution is -2.29. The van der Waals surface area contributed by atoms with Crippen molar-refractivity contribution in [1.82, 2.24) is 4.98 Å². The Balaban J connectivity index is 1.67. The van der Waals surface area contributed by atoms with Crippen LogP contribution in [0, 0.1) is 23.2 Å². The number of hydrogen-bond acceptors (Lipinski definition) is 6. The van der Waals surface area contributed by atoms with E-state index in [1.54, 1.807) is 12.1 Å². The highest BCUT2D eigenvalue weighted by Gasteiger charge is 2.30. The smallest absolute Gasteiger partial charge is 0.306 e. The van der Waals surface area contributed by atoms with Crippen molar-refractivity contribution >= 4 is 28.3 Å². The van der Waals surface area contributed by atoms with Gasteiger partial charge in [0, 0.05) is 5.92 Å². The summed E-state index contributed by atoms with van der Waals surface area (Å²) < 4.78 is 5.26. The van der Waals surface area contributed by atoms with Gasteiger partial charge in [0.1, 0.15) is 16.6 Å². The van der Waals surface area contributed by atoms with Crippen molar-refractivity contribution in [1.29, 1.82) is 5.26 Å². The van der Waals surface area contributed by atoms with Gasteiger partial charge in [-0.05, 0) is 37.8 Å². The van der Waals surface area contributed by atoms with Crippen molar-refractivity contribution in [2.75, 3.05) is 5.32 Å². The van der Waals surface area contributed by atoms with E-state index in [0.29, 0.717) is 47.1 Å². The quantitative estimate of drug-likeness (QED) is 0.879. The van der Waals surface area contributed by atoms with Crippen LogP contribution >= 0.6 is 11.3 Å². The van der Waals surface area contributed by atoms with E-state index >= 15 is 0 Å². The number of aliphatic carboxylic acids is 1. The van der Waals surface area contributed by atoms with Crippen LogP contribution in [0.15, 0.2) is 22.8 Å². The Kier molecular flexibility index (Phi) is 4.62. The average molecular weight is 345 g/mol. The van der Waals surface area contributed by atoms with E-state index in [-0.39, 0.29) is 17.7 Å². The predicted octanol–water partition coefficient (Wildman–Crippen LogP) is 3.10. The Labute approximate surface area is 141 Å². The van der Waals surface area contributed by atoms with Gasteiger partial charge in [0.2, 0.25) is 5.91 Å². The number of nitriles is 1. The van der Waals surface area contributed by atoms with E-state index in [4.69, 9.17) is 9.52 Å². The molecular weight excluding hydrogens is 330 g/mol. The monoisotopic (exact) mass is 345 g/mol. The molecule has 2 aromatic rings. The summed E-state index contributed by atoms with van der Waals surface area (Å²) in [6.45, 7) is 0. The molecular formula is C16H15N3O4S. The molecule has 1 aliphatic rings. The molecule has 1 amide bonds. The van der Waals surface area contributed by atoms with Crippen molar-refractivity contribution in [3.63, 3.8) is 0 Å². The molecule has 1 fully saturated rings. The highest BCUT2D eigenvalue weighted by molar-refractivity contribution is 7.16. The van der Waals surface area contributed by atoms with Crippen LogP contribution in [0.5, 0.6) is 0 Å². The summed E-state index contributed by atoms with van der Waals surface area (Å²) in [4.78, 5) is 27.9. The molecule has 7 nitrogen and oxygen atoms in total. The van der Waals surface area contributed by atoms with Gasteiger partial charge in [-0.15, -0.1) is 0 Å². The van der Waals surface area contributed by atoms with Gasteiger partial charge < -0.3 is 14.8 Å². The van der Waals surface area contributed by atoms with Crippen LogP contribution < -0.4 is 5.32 Å². The van der Waals surface area contributed by atoms with Crippen LogP contribution in [0.2, 0.25) is 0 Å². The first kappa shape index (κ1) is 16.2. The highest BCUT2D eigenvalue weighted by atomic mass is 32.1. The zero-order chi connectivity index (χ0) is 17.1. The van der Waals surface area contributed by atoms with Crippen LogP contribution in [-0.2, 0) is 9.59 Å². The Morgan fingerprint density at radius 2 is 2.04 bits per heavy atom. The number of carbonyl (C=O) groups is 2. The van der Waals surface area contributed by atoms with Gasteiger partial charge in [-0.2, -0.15) is 5.26 Å². The second kappa shape index (κ2) is 6.84. The van der Waals surface area contributed by atoms with E-state index in [9.17, 15) is 14.9 Å². The predicted molar refractivity (Wildman–Crippen MR) is 86.2 cm³/mol. The van der Waals surface area contributed by atoms with E-state index < -0.39 is 5.97 Å². The second-order valence-electron chi connectivity index (χ2n) is 5.66. The number of carboxylic acids is 1. The maximum atomic E-state index is 12.3. The average Bonchev–Trinajstić information content (AvgIpc) is 3.23. The number of furan rings is 1. The first-order valence-corrected chi connectivity index (χ1v) is 8.38. The van der Waals surface area contributed by atoms with Gasteiger partial charge in [0.15, 0.2) is 10.9 Å². The number of thiazole rings is 1. The standard InChI is InChI=1S/C16H15N3O4S/c17-8-12-13(11-2-1-7-23-11)18-16(24-12)19-14(20)9-3-5-10(6-4-9)15(21)22/h1-2,7,9-10H,3-6H2,(H,21,22)(H,18,19,20). The van der Waals surface area contributed by atoms with Gasteiger partial charge in [-0.3, -0.25) is 9.59 Å². The van der Waals surface area contributed by atoms with E-state index in [2.05, 4.69) is 16.4 Å². The second-order valence-corrected chi connectivity index (χ2v) is 6.66. The molecule has 0 aromatic carbocycles. The summed E-state index contributed by atoms with van der Waals surface area (Å²) >= 11 is 1.10. The fraction of sp³-hybridized carbons (Fsp3) is 0.375. The third-order valence-corrected chi connectivity index (χ3v) is 5.04. The number of anilines is 1. The number of rotatable bonds is 4. The van der Waals surface area contributed by atoms with Crippen molar-refractivity contribution < 1.29 is 19.1 Å². The third-order valence-electron chi connectivity index (χ3n) is 4.16. The summed E-state index contributed by atoms with van der Waals surface area (Å²) in [5.74, 6) is -1.07. The fourth-order valence-electron chi connectivity index (χ4n) is 2.84. The molecule has 24 heavy (non-hydrogen) atoms. The minimum Gasteiger partial charge on any atom is -0.481 e. The number of aromatic nitrogens is 1. The van der Waals surface area contributed by atoms with E-state index in [1.165, 1.54) is 6.26 Å². The zero-order valence-corrected chi connectivity index (χ0v) is 13.5.